The third kappa shape index (κ3) is 3.88. The van der Waals surface area contributed by atoms with Crippen molar-refractivity contribution in [3.05, 3.63) is 42.5 Å². The molecule has 7 heteroatoms. The summed E-state index contributed by atoms with van der Waals surface area (Å²) in [6.45, 7) is 3.70. The number of hydrogen-bond acceptors (Lipinski definition) is 5. The number of carbonyl (C=O) groups excluding carboxylic acids is 2. The van der Waals surface area contributed by atoms with Crippen LogP contribution in [-0.4, -0.2) is 38.2 Å². The van der Waals surface area contributed by atoms with E-state index < -0.39 is 0 Å². The third-order valence-electron chi connectivity index (χ3n) is 4.97. The summed E-state index contributed by atoms with van der Waals surface area (Å²) in [5.41, 5.74) is 2.45. The summed E-state index contributed by atoms with van der Waals surface area (Å²) in [5, 5.41) is 2.81. The monoisotopic (exact) mass is 381 g/mol. The van der Waals surface area contributed by atoms with Crippen LogP contribution in [-0.2, 0) is 9.59 Å². The Morgan fingerprint density at radius 3 is 2.46 bits per heavy atom. The minimum atomic E-state index is -0.280. The second-order valence-electron chi connectivity index (χ2n) is 6.93. The molecule has 2 heterocycles. The molecule has 0 spiro atoms. The fourth-order valence-electron chi connectivity index (χ4n) is 3.52. The SMILES string of the molecule is CC(=O)N(CC(=O)Nc1ccc2c(c1)OCO2)c1ccc(N2CCCC2)cc1. The van der Waals surface area contributed by atoms with Crippen LogP contribution in [0.25, 0.3) is 0 Å². The molecule has 1 saturated heterocycles. The molecule has 0 aromatic heterocycles. The van der Waals surface area contributed by atoms with Gasteiger partial charge in [0.05, 0.1) is 0 Å². The summed E-state index contributed by atoms with van der Waals surface area (Å²) in [6, 6.07) is 13.0. The zero-order valence-electron chi connectivity index (χ0n) is 15.8. The number of carbonyl (C=O) groups is 2. The van der Waals surface area contributed by atoms with E-state index in [-0.39, 0.29) is 25.2 Å². The zero-order valence-corrected chi connectivity index (χ0v) is 15.8. The highest BCUT2D eigenvalue weighted by Gasteiger charge is 2.19. The van der Waals surface area contributed by atoms with Crippen molar-refractivity contribution in [3.8, 4) is 11.5 Å². The lowest BCUT2D eigenvalue weighted by Gasteiger charge is -2.23. The first-order valence-corrected chi connectivity index (χ1v) is 9.43. The predicted octanol–water partition coefficient (Wildman–Crippen LogP) is 3.01. The molecule has 2 aliphatic rings. The van der Waals surface area contributed by atoms with Crippen LogP contribution in [0.3, 0.4) is 0 Å². The summed E-state index contributed by atoms with van der Waals surface area (Å²) in [7, 11) is 0. The summed E-state index contributed by atoms with van der Waals surface area (Å²) in [4.78, 5) is 28.4. The Labute approximate surface area is 163 Å². The van der Waals surface area contributed by atoms with E-state index in [1.807, 2.05) is 24.3 Å². The highest BCUT2D eigenvalue weighted by atomic mass is 16.7. The van der Waals surface area contributed by atoms with Gasteiger partial charge in [-0.3, -0.25) is 9.59 Å². The summed E-state index contributed by atoms with van der Waals surface area (Å²) in [6.07, 6.45) is 2.42. The highest BCUT2D eigenvalue weighted by Crippen LogP contribution is 2.34. The van der Waals surface area contributed by atoms with Gasteiger partial charge in [0, 0.05) is 43.1 Å². The molecule has 7 nitrogen and oxygen atoms in total. The smallest absolute Gasteiger partial charge is 0.244 e. The Bertz CT molecular complexity index is 876. The van der Waals surface area contributed by atoms with Crippen molar-refractivity contribution < 1.29 is 19.1 Å². The molecular formula is C21H23N3O4. The van der Waals surface area contributed by atoms with Crippen LogP contribution in [0.4, 0.5) is 17.1 Å². The second-order valence-corrected chi connectivity index (χ2v) is 6.93. The molecule has 28 heavy (non-hydrogen) atoms. The molecule has 0 aliphatic carbocycles. The Kier molecular flexibility index (Phi) is 5.06. The molecule has 0 unspecified atom stereocenters. The number of hydrogen-bond donors (Lipinski definition) is 1. The van der Waals surface area contributed by atoms with Gasteiger partial charge in [0.1, 0.15) is 6.54 Å². The van der Waals surface area contributed by atoms with Crippen molar-refractivity contribution in [3.63, 3.8) is 0 Å². The van der Waals surface area contributed by atoms with Crippen LogP contribution >= 0.6 is 0 Å². The van der Waals surface area contributed by atoms with Gasteiger partial charge in [-0.05, 0) is 49.2 Å². The summed E-state index contributed by atoms with van der Waals surface area (Å²) in [5.74, 6) is 0.785. The van der Waals surface area contributed by atoms with Crippen molar-refractivity contribution in [2.45, 2.75) is 19.8 Å². The molecule has 0 atom stereocenters. The zero-order chi connectivity index (χ0) is 19.5. The lowest BCUT2D eigenvalue weighted by Crippen LogP contribution is -2.36. The number of rotatable bonds is 5. The van der Waals surface area contributed by atoms with E-state index in [2.05, 4.69) is 10.2 Å². The van der Waals surface area contributed by atoms with Gasteiger partial charge in [0.15, 0.2) is 11.5 Å². The topological polar surface area (TPSA) is 71.1 Å². The van der Waals surface area contributed by atoms with Crippen molar-refractivity contribution in [1.82, 2.24) is 0 Å². The Morgan fingerprint density at radius 1 is 1.04 bits per heavy atom. The number of nitrogens with one attached hydrogen (secondary N) is 1. The van der Waals surface area contributed by atoms with Crippen LogP contribution < -0.4 is 24.6 Å². The maximum atomic E-state index is 12.5. The van der Waals surface area contributed by atoms with Crippen molar-refractivity contribution in [2.24, 2.45) is 0 Å². The molecule has 2 aliphatic heterocycles. The van der Waals surface area contributed by atoms with E-state index in [1.54, 1.807) is 18.2 Å². The van der Waals surface area contributed by atoms with E-state index in [0.717, 1.165) is 18.8 Å². The molecular weight excluding hydrogens is 358 g/mol. The third-order valence-corrected chi connectivity index (χ3v) is 4.97. The highest BCUT2D eigenvalue weighted by molar-refractivity contribution is 6.02. The lowest BCUT2D eigenvalue weighted by molar-refractivity contribution is -0.120. The van der Waals surface area contributed by atoms with Crippen LogP contribution in [0.5, 0.6) is 11.5 Å². The quantitative estimate of drug-likeness (QED) is 0.862. The van der Waals surface area contributed by atoms with Gasteiger partial charge < -0.3 is 24.6 Å². The minimum Gasteiger partial charge on any atom is -0.454 e. The number of fused-ring (bicyclic) bond motifs is 1. The van der Waals surface area contributed by atoms with Gasteiger partial charge in [-0.25, -0.2) is 0 Å². The van der Waals surface area contributed by atoms with Crippen molar-refractivity contribution in [1.29, 1.82) is 0 Å². The summed E-state index contributed by atoms with van der Waals surface area (Å²) < 4.78 is 10.6. The molecule has 2 aromatic rings. The van der Waals surface area contributed by atoms with Crippen LogP contribution in [0.2, 0.25) is 0 Å². The Hall–Kier alpha value is -3.22. The number of benzene rings is 2. The first kappa shape index (κ1) is 18.2. The Balaban J connectivity index is 1.43. The first-order chi connectivity index (χ1) is 13.6. The number of ether oxygens (including phenoxy) is 2. The van der Waals surface area contributed by atoms with Crippen LogP contribution in [0.15, 0.2) is 42.5 Å². The molecule has 1 fully saturated rings. The summed E-state index contributed by atoms with van der Waals surface area (Å²) >= 11 is 0. The van der Waals surface area contributed by atoms with E-state index in [9.17, 15) is 9.59 Å². The number of anilines is 3. The maximum Gasteiger partial charge on any atom is 0.244 e. The van der Waals surface area contributed by atoms with Crippen LogP contribution in [0.1, 0.15) is 19.8 Å². The lowest BCUT2D eigenvalue weighted by atomic mass is 10.2. The molecule has 146 valence electrons. The number of nitrogens with zero attached hydrogens (tertiary/aromatic N) is 2. The van der Waals surface area contributed by atoms with Gasteiger partial charge in [-0.1, -0.05) is 0 Å². The maximum absolute atomic E-state index is 12.5. The van der Waals surface area contributed by atoms with E-state index in [0.29, 0.717) is 22.9 Å². The van der Waals surface area contributed by atoms with Gasteiger partial charge in [-0.15, -0.1) is 0 Å². The molecule has 0 bridgehead atoms. The van der Waals surface area contributed by atoms with Gasteiger partial charge >= 0.3 is 0 Å². The average Bonchev–Trinajstić information content (AvgIpc) is 3.37. The van der Waals surface area contributed by atoms with Gasteiger partial charge in [0.25, 0.3) is 0 Å². The fourth-order valence-corrected chi connectivity index (χ4v) is 3.52. The molecule has 2 aromatic carbocycles. The molecule has 0 saturated carbocycles. The Morgan fingerprint density at radius 2 is 1.75 bits per heavy atom. The van der Waals surface area contributed by atoms with Crippen molar-refractivity contribution in [2.75, 3.05) is 41.5 Å². The predicted molar refractivity (Wildman–Crippen MR) is 107 cm³/mol. The molecule has 1 N–H and O–H groups in total. The first-order valence-electron chi connectivity index (χ1n) is 9.43. The number of amides is 2. The van der Waals surface area contributed by atoms with Gasteiger partial charge in [-0.2, -0.15) is 0 Å². The normalized spacial score (nSPS) is 14.8. The van der Waals surface area contributed by atoms with E-state index in [1.165, 1.54) is 24.7 Å². The minimum absolute atomic E-state index is 0.0627. The second kappa shape index (κ2) is 7.80. The fraction of sp³-hybridized carbons (Fsp3) is 0.333. The van der Waals surface area contributed by atoms with Gasteiger partial charge in [0.2, 0.25) is 18.6 Å². The van der Waals surface area contributed by atoms with E-state index in [4.69, 9.17) is 9.47 Å². The largest absolute Gasteiger partial charge is 0.454 e. The standard InChI is InChI=1S/C21H23N3O4/c1-15(25)24(18-7-5-17(6-8-18)23-10-2-3-11-23)13-21(26)22-16-4-9-19-20(12-16)28-14-27-19/h4-9,12H,2-3,10-11,13-14H2,1H3,(H,22,26). The average molecular weight is 381 g/mol. The molecule has 2 amide bonds. The molecule has 4 rings (SSSR count). The van der Waals surface area contributed by atoms with Crippen LogP contribution in [0, 0.1) is 0 Å². The molecule has 0 radical (unpaired) electrons. The van der Waals surface area contributed by atoms with Crippen molar-refractivity contribution >= 4 is 28.9 Å². The van der Waals surface area contributed by atoms with E-state index >= 15 is 0 Å².